The smallest absolute Gasteiger partial charge is 0.238 e. The summed E-state index contributed by atoms with van der Waals surface area (Å²) in [6.07, 6.45) is 0. The number of carbonyl (C=O) groups is 1. The first-order valence-electron chi connectivity index (χ1n) is 8.09. The van der Waals surface area contributed by atoms with E-state index in [-0.39, 0.29) is 19.1 Å². The van der Waals surface area contributed by atoms with Crippen LogP contribution in [0.25, 0.3) is 0 Å². The second-order valence-electron chi connectivity index (χ2n) is 5.55. The van der Waals surface area contributed by atoms with Gasteiger partial charge in [0.05, 0.1) is 18.8 Å². The highest BCUT2D eigenvalue weighted by Crippen LogP contribution is 2.29. The largest absolute Gasteiger partial charge is 0.455 e. The zero-order valence-corrected chi connectivity index (χ0v) is 14.2. The van der Waals surface area contributed by atoms with E-state index in [1.54, 1.807) is 0 Å². The number of benzene rings is 2. The van der Waals surface area contributed by atoms with Crippen molar-refractivity contribution in [1.82, 2.24) is 4.90 Å². The first-order chi connectivity index (χ1) is 11.6. The molecule has 0 heterocycles. The number of hydrogen-bond donors (Lipinski definition) is 2. The van der Waals surface area contributed by atoms with Crippen LogP contribution in [0.15, 0.2) is 48.5 Å². The summed E-state index contributed by atoms with van der Waals surface area (Å²) in [5, 5.41) is 11.9. The van der Waals surface area contributed by atoms with Gasteiger partial charge in [-0.1, -0.05) is 36.8 Å². The van der Waals surface area contributed by atoms with Crippen molar-refractivity contribution in [3.8, 4) is 11.5 Å². The van der Waals surface area contributed by atoms with Crippen LogP contribution in [-0.2, 0) is 4.79 Å². The Morgan fingerprint density at radius 3 is 2.54 bits per heavy atom. The van der Waals surface area contributed by atoms with Crippen molar-refractivity contribution in [2.45, 2.75) is 13.8 Å². The lowest BCUT2D eigenvalue weighted by Gasteiger charge is -2.19. The number of aryl methyl sites for hydroxylation is 1. The van der Waals surface area contributed by atoms with Gasteiger partial charge in [-0.3, -0.25) is 9.69 Å². The van der Waals surface area contributed by atoms with Crippen LogP contribution in [0.5, 0.6) is 11.5 Å². The number of nitrogens with zero attached hydrogens (tertiary/aromatic N) is 1. The molecule has 0 aliphatic carbocycles. The van der Waals surface area contributed by atoms with Gasteiger partial charge in [0.25, 0.3) is 0 Å². The van der Waals surface area contributed by atoms with Gasteiger partial charge in [-0.15, -0.1) is 0 Å². The number of amides is 1. The zero-order chi connectivity index (χ0) is 17.4. The van der Waals surface area contributed by atoms with Crippen LogP contribution in [0, 0.1) is 6.92 Å². The number of rotatable bonds is 8. The molecular weight excluding hydrogens is 304 g/mol. The Morgan fingerprint density at radius 2 is 1.88 bits per heavy atom. The van der Waals surface area contributed by atoms with Crippen molar-refractivity contribution in [2.24, 2.45) is 0 Å². The van der Waals surface area contributed by atoms with Gasteiger partial charge in [-0.05, 0) is 37.7 Å². The van der Waals surface area contributed by atoms with Gasteiger partial charge >= 0.3 is 0 Å². The monoisotopic (exact) mass is 328 g/mol. The molecule has 2 aromatic rings. The first-order valence-corrected chi connectivity index (χ1v) is 8.09. The highest BCUT2D eigenvalue weighted by Gasteiger charge is 2.11. The van der Waals surface area contributed by atoms with Crippen molar-refractivity contribution >= 4 is 11.6 Å². The molecule has 0 radical (unpaired) electrons. The Balaban J connectivity index is 2.05. The summed E-state index contributed by atoms with van der Waals surface area (Å²) in [5.74, 6) is 1.18. The normalized spacial score (nSPS) is 10.7. The summed E-state index contributed by atoms with van der Waals surface area (Å²) < 4.78 is 5.88. The minimum Gasteiger partial charge on any atom is -0.455 e. The van der Waals surface area contributed by atoms with Gasteiger partial charge in [-0.25, -0.2) is 0 Å². The number of para-hydroxylation sites is 2. The molecule has 0 aliphatic heterocycles. The maximum Gasteiger partial charge on any atom is 0.238 e. The van der Waals surface area contributed by atoms with Crippen LogP contribution in [-0.4, -0.2) is 42.2 Å². The lowest BCUT2D eigenvalue weighted by molar-refractivity contribution is -0.117. The van der Waals surface area contributed by atoms with E-state index in [2.05, 4.69) is 5.32 Å². The van der Waals surface area contributed by atoms with Crippen LogP contribution in [0.1, 0.15) is 12.5 Å². The highest BCUT2D eigenvalue weighted by atomic mass is 16.5. The number of nitrogens with one attached hydrogen (secondary N) is 1. The van der Waals surface area contributed by atoms with Crippen molar-refractivity contribution in [1.29, 1.82) is 0 Å². The van der Waals surface area contributed by atoms with Crippen LogP contribution in [0.2, 0.25) is 0 Å². The van der Waals surface area contributed by atoms with E-state index in [4.69, 9.17) is 9.84 Å². The number of aliphatic hydroxyl groups is 1. The molecule has 1 amide bonds. The fourth-order valence-corrected chi connectivity index (χ4v) is 2.28. The number of anilines is 1. The predicted molar refractivity (Wildman–Crippen MR) is 95.5 cm³/mol. The van der Waals surface area contributed by atoms with Crippen LogP contribution < -0.4 is 10.1 Å². The summed E-state index contributed by atoms with van der Waals surface area (Å²) in [4.78, 5) is 14.1. The van der Waals surface area contributed by atoms with E-state index in [0.717, 1.165) is 11.3 Å². The second-order valence-corrected chi connectivity index (χ2v) is 5.55. The van der Waals surface area contributed by atoms with Gasteiger partial charge in [0, 0.05) is 6.54 Å². The average Bonchev–Trinajstić information content (AvgIpc) is 2.58. The van der Waals surface area contributed by atoms with Gasteiger partial charge < -0.3 is 15.2 Å². The van der Waals surface area contributed by atoms with Crippen molar-refractivity contribution in [2.75, 3.05) is 31.6 Å². The minimum absolute atomic E-state index is 0.0360. The maximum atomic E-state index is 12.2. The molecule has 128 valence electrons. The van der Waals surface area contributed by atoms with E-state index >= 15 is 0 Å². The minimum atomic E-state index is -0.134. The Bertz CT molecular complexity index is 656. The second kappa shape index (κ2) is 9.05. The Labute approximate surface area is 142 Å². The molecule has 0 saturated heterocycles. The van der Waals surface area contributed by atoms with Crippen LogP contribution >= 0.6 is 0 Å². The van der Waals surface area contributed by atoms with Gasteiger partial charge in [0.2, 0.25) is 5.91 Å². The topological polar surface area (TPSA) is 61.8 Å². The Hall–Kier alpha value is -2.37. The van der Waals surface area contributed by atoms with Crippen LogP contribution in [0.4, 0.5) is 5.69 Å². The zero-order valence-electron chi connectivity index (χ0n) is 14.2. The SMILES string of the molecule is CCN(CCO)CC(=O)Nc1ccccc1Oc1ccc(C)cc1. The van der Waals surface area contributed by atoms with E-state index in [1.807, 2.05) is 67.3 Å². The van der Waals surface area contributed by atoms with Crippen LogP contribution in [0.3, 0.4) is 0 Å². The highest BCUT2D eigenvalue weighted by molar-refractivity contribution is 5.93. The number of ether oxygens (including phenoxy) is 1. The van der Waals surface area contributed by atoms with Crippen molar-refractivity contribution in [3.05, 3.63) is 54.1 Å². The molecule has 0 atom stereocenters. The molecule has 0 aromatic heterocycles. The molecule has 0 saturated carbocycles. The molecule has 0 unspecified atom stereocenters. The molecule has 0 spiro atoms. The molecule has 0 bridgehead atoms. The van der Waals surface area contributed by atoms with Crippen molar-refractivity contribution in [3.63, 3.8) is 0 Å². The summed E-state index contributed by atoms with van der Waals surface area (Å²) >= 11 is 0. The maximum absolute atomic E-state index is 12.2. The predicted octanol–water partition coefficient (Wildman–Crippen LogP) is 3.04. The molecule has 2 N–H and O–H groups in total. The molecule has 24 heavy (non-hydrogen) atoms. The molecule has 2 aromatic carbocycles. The molecule has 5 heteroatoms. The molecule has 0 fully saturated rings. The molecule has 0 aliphatic rings. The van der Waals surface area contributed by atoms with E-state index in [1.165, 1.54) is 0 Å². The summed E-state index contributed by atoms with van der Waals surface area (Å²) in [6.45, 7) is 5.42. The summed E-state index contributed by atoms with van der Waals surface area (Å²) in [6, 6.07) is 15.1. The lowest BCUT2D eigenvalue weighted by Crippen LogP contribution is -2.35. The van der Waals surface area contributed by atoms with Crippen molar-refractivity contribution < 1.29 is 14.6 Å². The average molecular weight is 328 g/mol. The van der Waals surface area contributed by atoms with Gasteiger partial charge in [0.15, 0.2) is 5.75 Å². The number of likely N-dealkylation sites (N-methyl/N-ethyl adjacent to an activating group) is 1. The van der Waals surface area contributed by atoms with Gasteiger partial charge in [0.1, 0.15) is 5.75 Å². The molecule has 5 nitrogen and oxygen atoms in total. The third-order valence-corrected chi connectivity index (χ3v) is 3.64. The summed E-state index contributed by atoms with van der Waals surface area (Å²) in [7, 11) is 0. The fourth-order valence-electron chi connectivity index (χ4n) is 2.28. The third-order valence-electron chi connectivity index (χ3n) is 3.64. The number of carbonyl (C=O) groups excluding carboxylic acids is 1. The quantitative estimate of drug-likeness (QED) is 0.782. The standard InChI is InChI=1S/C19H24N2O3/c1-3-21(12-13-22)14-19(23)20-17-6-4-5-7-18(17)24-16-10-8-15(2)9-11-16/h4-11,22H,3,12-14H2,1-2H3,(H,20,23). The number of aliphatic hydroxyl groups excluding tert-OH is 1. The fraction of sp³-hybridized carbons (Fsp3) is 0.316. The third kappa shape index (κ3) is 5.37. The van der Waals surface area contributed by atoms with E-state index < -0.39 is 0 Å². The Kier molecular flexibility index (Phi) is 6.78. The Morgan fingerprint density at radius 1 is 1.17 bits per heavy atom. The van der Waals surface area contributed by atoms with E-state index in [0.29, 0.717) is 24.5 Å². The van der Waals surface area contributed by atoms with Gasteiger partial charge in [-0.2, -0.15) is 0 Å². The molecule has 2 rings (SSSR count). The molecular formula is C19H24N2O3. The van der Waals surface area contributed by atoms with E-state index in [9.17, 15) is 4.79 Å². The number of hydrogen-bond acceptors (Lipinski definition) is 4. The first kappa shape index (κ1) is 18.0. The lowest BCUT2D eigenvalue weighted by atomic mass is 10.2. The summed E-state index contributed by atoms with van der Waals surface area (Å²) in [5.41, 5.74) is 1.79.